The molecule has 0 aliphatic rings. The van der Waals surface area contributed by atoms with Gasteiger partial charge in [0.1, 0.15) is 0 Å². The van der Waals surface area contributed by atoms with E-state index in [4.69, 9.17) is 16.0 Å². The van der Waals surface area contributed by atoms with Crippen LogP contribution in [0.5, 0.6) is 0 Å². The first-order chi connectivity index (χ1) is 7.39. The van der Waals surface area contributed by atoms with Crippen LogP contribution in [0.15, 0.2) is 39.4 Å². The lowest BCUT2D eigenvalue weighted by Gasteiger charge is -1.96. The molecule has 0 fully saturated rings. The van der Waals surface area contributed by atoms with Crippen LogP contribution < -0.4 is 11.5 Å². The largest absolute Gasteiger partial charge is 0.369 e. The van der Waals surface area contributed by atoms with Crippen molar-refractivity contribution >= 4 is 22.3 Å². The molecule has 0 spiro atoms. The summed E-state index contributed by atoms with van der Waals surface area (Å²) in [5.41, 5.74) is 10.7. The molecule has 5 N–H and O–H groups in total. The first-order valence-electron chi connectivity index (χ1n) is 4.09. The molecule has 16 heavy (non-hydrogen) atoms. The van der Waals surface area contributed by atoms with Crippen LogP contribution in [0.3, 0.4) is 0 Å². The van der Waals surface area contributed by atoms with E-state index in [1.54, 1.807) is 0 Å². The average Bonchev–Trinajstić information content (AvgIpc) is 2.16. The molecule has 0 aliphatic heterocycles. The fraction of sp³-hybridized carbons (Fsp3) is 0. The number of nitrogens with two attached hydrogens (primary N) is 2. The normalized spacial score (nSPS) is 11.6. The quantitative estimate of drug-likeness (QED) is 0.285. The molecule has 1 aromatic carbocycles. The summed E-state index contributed by atoms with van der Waals surface area (Å²) in [5, 5.41) is 6.90. The third-order valence-electron chi connectivity index (χ3n) is 1.56. The highest BCUT2D eigenvalue weighted by Gasteiger charge is 2.07. The number of nitrogens with zero attached hydrogens (tertiary/aromatic N) is 2. The van der Waals surface area contributed by atoms with Gasteiger partial charge < -0.3 is 11.5 Å². The molecule has 86 valence electrons. The van der Waals surface area contributed by atoms with E-state index in [2.05, 4.69) is 10.2 Å². The summed E-state index contributed by atoms with van der Waals surface area (Å²) in [6, 6.07) is 5.39. The van der Waals surface area contributed by atoms with Crippen LogP contribution in [0.2, 0.25) is 0 Å². The maximum atomic E-state index is 10.7. The third-order valence-corrected chi connectivity index (χ3v) is 2.43. The molecule has 1 aromatic rings. The van der Waals surface area contributed by atoms with Crippen molar-refractivity contribution in [1.82, 2.24) is 0 Å². The van der Waals surface area contributed by atoms with Crippen molar-refractivity contribution in [2.45, 2.75) is 4.90 Å². The minimum absolute atomic E-state index is 0.175. The van der Waals surface area contributed by atoms with Crippen molar-refractivity contribution < 1.29 is 13.0 Å². The number of hydrogen-bond donors (Lipinski definition) is 3. The molecular weight excluding hydrogens is 232 g/mol. The van der Waals surface area contributed by atoms with Crippen molar-refractivity contribution in [3.8, 4) is 0 Å². The third kappa shape index (κ3) is 3.67. The predicted octanol–water partition coefficient (Wildman–Crippen LogP) is -0.459. The molecule has 0 aromatic heterocycles. The van der Waals surface area contributed by atoms with Gasteiger partial charge in [0.05, 0.1) is 11.1 Å². The van der Waals surface area contributed by atoms with Crippen LogP contribution in [0.25, 0.3) is 0 Å². The first kappa shape index (κ1) is 12.1. The summed E-state index contributed by atoms with van der Waals surface area (Å²) in [6.07, 6.45) is 1.34. The molecule has 0 unspecified atom stereocenters. The van der Waals surface area contributed by atoms with Crippen molar-refractivity contribution in [3.63, 3.8) is 0 Å². The van der Waals surface area contributed by atoms with Crippen molar-refractivity contribution in [3.05, 3.63) is 29.8 Å². The van der Waals surface area contributed by atoms with Crippen LogP contribution >= 0.6 is 0 Å². The van der Waals surface area contributed by atoms with Crippen LogP contribution in [0, 0.1) is 0 Å². The van der Waals surface area contributed by atoms with Gasteiger partial charge in [-0.3, -0.25) is 4.55 Å². The molecule has 0 atom stereocenters. The maximum absolute atomic E-state index is 10.7. The van der Waals surface area contributed by atoms with Gasteiger partial charge in [-0.2, -0.15) is 13.5 Å². The lowest BCUT2D eigenvalue weighted by Crippen LogP contribution is -2.21. The van der Waals surface area contributed by atoms with Gasteiger partial charge >= 0.3 is 0 Å². The van der Waals surface area contributed by atoms with Crippen LogP contribution in [-0.4, -0.2) is 25.1 Å². The lowest BCUT2D eigenvalue weighted by molar-refractivity contribution is 0.483. The van der Waals surface area contributed by atoms with Crippen LogP contribution in [0.1, 0.15) is 5.56 Å². The van der Waals surface area contributed by atoms with Crippen LogP contribution in [-0.2, 0) is 10.1 Å². The Morgan fingerprint density at radius 2 is 1.81 bits per heavy atom. The fourth-order valence-electron chi connectivity index (χ4n) is 0.888. The standard InChI is InChI=1S/C8H10N4O3S/c9-8(10)12-11-5-6-1-3-7(4-2-6)16(13,14)15/h1-5H,(H4,9,10,12)(H,13,14,15). The SMILES string of the molecule is NC(N)=NN=Cc1ccc(S(=O)(=O)O)cc1. The second-order valence-electron chi connectivity index (χ2n) is 2.81. The molecular formula is C8H10N4O3S. The van der Waals surface area contributed by atoms with Crippen molar-refractivity contribution in [2.75, 3.05) is 0 Å². The van der Waals surface area contributed by atoms with E-state index in [-0.39, 0.29) is 10.9 Å². The monoisotopic (exact) mass is 242 g/mol. The maximum Gasteiger partial charge on any atom is 0.294 e. The van der Waals surface area contributed by atoms with Gasteiger partial charge in [-0.1, -0.05) is 12.1 Å². The predicted molar refractivity (Wildman–Crippen MR) is 59.7 cm³/mol. The van der Waals surface area contributed by atoms with E-state index in [9.17, 15) is 8.42 Å². The van der Waals surface area contributed by atoms with E-state index in [0.29, 0.717) is 5.56 Å². The molecule has 1 rings (SSSR count). The minimum atomic E-state index is -4.17. The Morgan fingerprint density at radius 3 is 2.25 bits per heavy atom. The smallest absolute Gasteiger partial charge is 0.294 e. The Balaban J connectivity index is 2.88. The van der Waals surface area contributed by atoms with E-state index in [1.165, 1.54) is 30.5 Å². The highest BCUT2D eigenvalue weighted by Crippen LogP contribution is 2.08. The van der Waals surface area contributed by atoms with Gasteiger partial charge in [0.25, 0.3) is 10.1 Å². The number of hydrogen-bond acceptors (Lipinski definition) is 4. The summed E-state index contributed by atoms with van der Waals surface area (Å²) < 4.78 is 30.1. The van der Waals surface area contributed by atoms with E-state index >= 15 is 0 Å². The molecule has 7 nitrogen and oxygen atoms in total. The zero-order chi connectivity index (χ0) is 12.2. The van der Waals surface area contributed by atoms with E-state index in [0.717, 1.165) is 0 Å². The number of guanidine groups is 1. The highest BCUT2D eigenvalue weighted by molar-refractivity contribution is 7.85. The molecule has 0 radical (unpaired) electrons. The average molecular weight is 242 g/mol. The topological polar surface area (TPSA) is 131 Å². The summed E-state index contributed by atoms with van der Waals surface area (Å²) in [7, 11) is -4.17. The second kappa shape index (κ2) is 4.73. The molecule has 8 heteroatoms. The zero-order valence-corrected chi connectivity index (χ0v) is 8.92. The molecule has 0 aliphatic carbocycles. The number of benzene rings is 1. The molecule has 0 saturated heterocycles. The Bertz CT molecular complexity index is 515. The molecule has 0 amide bonds. The van der Waals surface area contributed by atoms with Gasteiger partial charge in [-0.25, -0.2) is 0 Å². The fourth-order valence-corrected chi connectivity index (χ4v) is 1.37. The van der Waals surface area contributed by atoms with Gasteiger partial charge in [-0.15, -0.1) is 5.10 Å². The molecule has 0 saturated carbocycles. The Kier molecular flexibility index (Phi) is 3.59. The van der Waals surface area contributed by atoms with E-state index in [1.807, 2.05) is 0 Å². The second-order valence-corrected chi connectivity index (χ2v) is 4.24. The molecule has 0 bridgehead atoms. The lowest BCUT2D eigenvalue weighted by atomic mass is 10.2. The zero-order valence-electron chi connectivity index (χ0n) is 8.11. The summed E-state index contributed by atoms with van der Waals surface area (Å²) in [6.45, 7) is 0. The van der Waals surface area contributed by atoms with Crippen molar-refractivity contribution in [1.29, 1.82) is 0 Å². The van der Waals surface area contributed by atoms with Gasteiger partial charge in [0, 0.05) is 0 Å². The Morgan fingerprint density at radius 1 is 1.25 bits per heavy atom. The first-order valence-corrected chi connectivity index (χ1v) is 5.53. The summed E-state index contributed by atoms with van der Waals surface area (Å²) >= 11 is 0. The van der Waals surface area contributed by atoms with Gasteiger partial charge in [0.2, 0.25) is 5.96 Å². The minimum Gasteiger partial charge on any atom is -0.369 e. The van der Waals surface area contributed by atoms with Crippen LogP contribution in [0.4, 0.5) is 0 Å². The van der Waals surface area contributed by atoms with Gasteiger partial charge in [-0.05, 0) is 17.7 Å². The Labute approximate surface area is 92.2 Å². The Hall–Kier alpha value is -1.93. The summed E-state index contributed by atoms with van der Waals surface area (Å²) in [4.78, 5) is -0.188. The number of rotatable bonds is 3. The van der Waals surface area contributed by atoms with Gasteiger partial charge in [0.15, 0.2) is 0 Å². The molecule has 0 heterocycles. The summed E-state index contributed by atoms with van der Waals surface area (Å²) in [5.74, 6) is -0.175. The highest BCUT2D eigenvalue weighted by atomic mass is 32.2. The van der Waals surface area contributed by atoms with Crippen molar-refractivity contribution in [2.24, 2.45) is 21.7 Å². The van der Waals surface area contributed by atoms with E-state index < -0.39 is 10.1 Å².